The summed E-state index contributed by atoms with van der Waals surface area (Å²) >= 11 is 0. The standard InChI is InChI=1S/C32H40N3O7P/c1-3-40-43(36,41-4-2)24-29-30(34-35-33)32(39-22-27-18-12-7-13-19-27)31(38-21-26-16-10-6-11-17-26)28(42-29)23-37-20-25-14-8-5-9-15-25/h5-19,28-32H,3-4,20-24H2,1-2H3/t28?,29-,30?,31-,32+/m1/s1. The smallest absolute Gasteiger partial charge is 0.333 e. The first-order valence-electron chi connectivity index (χ1n) is 14.6. The van der Waals surface area contributed by atoms with E-state index in [-0.39, 0.29) is 39.2 Å². The summed E-state index contributed by atoms with van der Waals surface area (Å²) in [5.74, 6) is 0. The third-order valence-electron chi connectivity index (χ3n) is 6.96. The van der Waals surface area contributed by atoms with Crippen LogP contribution in [0, 0.1) is 0 Å². The van der Waals surface area contributed by atoms with Gasteiger partial charge in [0, 0.05) is 4.91 Å². The van der Waals surface area contributed by atoms with E-state index in [0.717, 1.165) is 16.7 Å². The zero-order valence-electron chi connectivity index (χ0n) is 24.6. The fourth-order valence-electron chi connectivity index (χ4n) is 5.04. The molecule has 4 rings (SSSR count). The second-order valence-corrected chi connectivity index (χ2v) is 12.2. The Morgan fingerprint density at radius 1 is 0.744 bits per heavy atom. The van der Waals surface area contributed by atoms with Crippen LogP contribution in [0.25, 0.3) is 10.4 Å². The maximum Gasteiger partial charge on any atom is 0.333 e. The van der Waals surface area contributed by atoms with Crippen molar-refractivity contribution >= 4 is 7.60 Å². The highest BCUT2D eigenvalue weighted by Gasteiger charge is 2.49. The molecule has 43 heavy (non-hydrogen) atoms. The lowest BCUT2D eigenvalue weighted by atomic mass is 9.93. The van der Waals surface area contributed by atoms with E-state index in [1.807, 2.05) is 91.0 Å². The molecule has 2 unspecified atom stereocenters. The van der Waals surface area contributed by atoms with Crippen molar-refractivity contribution in [1.29, 1.82) is 0 Å². The molecule has 1 fully saturated rings. The third-order valence-corrected chi connectivity index (χ3v) is 9.07. The Kier molecular flexibility index (Phi) is 13.2. The Bertz CT molecular complexity index is 1300. The normalized spacial score (nSPS) is 22.1. The summed E-state index contributed by atoms with van der Waals surface area (Å²) in [7, 11) is -3.58. The Morgan fingerprint density at radius 2 is 1.23 bits per heavy atom. The maximum atomic E-state index is 13.7. The molecule has 3 aromatic carbocycles. The van der Waals surface area contributed by atoms with Crippen molar-refractivity contribution in [2.45, 2.75) is 64.1 Å². The highest BCUT2D eigenvalue weighted by molar-refractivity contribution is 7.53. The van der Waals surface area contributed by atoms with E-state index in [1.165, 1.54) is 0 Å². The van der Waals surface area contributed by atoms with Crippen molar-refractivity contribution in [3.63, 3.8) is 0 Å². The van der Waals surface area contributed by atoms with E-state index < -0.39 is 38.1 Å². The van der Waals surface area contributed by atoms with Gasteiger partial charge >= 0.3 is 7.60 Å². The van der Waals surface area contributed by atoms with Crippen LogP contribution in [0.5, 0.6) is 0 Å². The molecule has 0 aliphatic carbocycles. The minimum atomic E-state index is -3.58. The minimum Gasteiger partial charge on any atom is -0.374 e. The zero-order chi connectivity index (χ0) is 30.3. The summed E-state index contributed by atoms with van der Waals surface area (Å²) < 4.78 is 50.5. The Labute approximate surface area is 253 Å². The average Bonchev–Trinajstić information content (AvgIpc) is 3.02. The summed E-state index contributed by atoms with van der Waals surface area (Å²) in [6.45, 7) is 4.92. The number of benzene rings is 3. The van der Waals surface area contributed by atoms with Crippen molar-refractivity contribution in [2.24, 2.45) is 5.11 Å². The van der Waals surface area contributed by atoms with Gasteiger partial charge in [-0.3, -0.25) is 4.57 Å². The fourth-order valence-corrected chi connectivity index (χ4v) is 6.85. The highest BCUT2D eigenvalue weighted by Crippen LogP contribution is 2.50. The van der Waals surface area contributed by atoms with Crippen LogP contribution in [0.4, 0.5) is 0 Å². The lowest BCUT2D eigenvalue weighted by molar-refractivity contribution is -0.224. The van der Waals surface area contributed by atoms with E-state index in [2.05, 4.69) is 10.0 Å². The number of azide groups is 1. The first kappa shape index (κ1) is 32.9. The van der Waals surface area contributed by atoms with Crippen LogP contribution in [0.1, 0.15) is 30.5 Å². The number of nitrogens with zero attached hydrogens (tertiary/aromatic N) is 3. The molecule has 3 aromatic rings. The summed E-state index contributed by atoms with van der Waals surface area (Å²) in [4.78, 5) is 3.12. The topological polar surface area (TPSA) is 121 Å². The fraction of sp³-hybridized carbons (Fsp3) is 0.438. The molecule has 230 valence electrons. The molecule has 0 amide bonds. The second kappa shape index (κ2) is 17.3. The monoisotopic (exact) mass is 609 g/mol. The molecule has 0 saturated carbocycles. The van der Waals surface area contributed by atoms with Crippen molar-refractivity contribution < 1.29 is 32.6 Å². The molecule has 1 heterocycles. The molecule has 0 N–H and O–H groups in total. The number of ether oxygens (including phenoxy) is 4. The lowest BCUT2D eigenvalue weighted by Crippen LogP contribution is -2.60. The van der Waals surface area contributed by atoms with Gasteiger partial charge in [-0.1, -0.05) is 96.1 Å². The van der Waals surface area contributed by atoms with Crippen molar-refractivity contribution in [3.05, 3.63) is 118 Å². The highest BCUT2D eigenvalue weighted by atomic mass is 31.2. The second-order valence-electron chi connectivity index (χ2n) is 10.1. The predicted molar refractivity (Wildman–Crippen MR) is 163 cm³/mol. The predicted octanol–water partition coefficient (Wildman–Crippen LogP) is 7.09. The maximum absolute atomic E-state index is 13.7. The molecule has 0 radical (unpaired) electrons. The zero-order valence-corrected chi connectivity index (χ0v) is 25.5. The molecule has 11 heteroatoms. The first-order chi connectivity index (χ1) is 21.0. The van der Waals surface area contributed by atoms with E-state index in [4.69, 9.17) is 28.0 Å². The molecular formula is C32H40N3O7P. The molecule has 0 aromatic heterocycles. The van der Waals surface area contributed by atoms with Crippen molar-refractivity contribution in [2.75, 3.05) is 26.0 Å². The van der Waals surface area contributed by atoms with Crippen molar-refractivity contribution in [1.82, 2.24) is 0 Å². The van der Waals surface area contributed by atoms with Gasteiger partial charge in [0.25, 0.3) is 0 Å². The first-order valence-corrected chi connectivity index (χ1v) is 16.3. The van der Waals surface area contributed by atoms with Crippen LogP contribution >= 0.6 is 7.60 Å². The van der Waals surface area contributed by atoms with E-state index >= 15 is 0 Å². The molecule has 0 spiro atoms. The Morgan fingerprint density at radius 3 is 1.72 bits per heavy atom. The number of rotatable bonds is 17. The molecular weight excluding hydrogens is 569 g/mol. The molecule has 1 saturated heterocycles. The number of hydrogen-bond donors (Lipinski definition) is 0. The summed E-state index contributed by atoms with van der Waals surface area (Å²) in [6, 6.07) is 28.4. The largest absolute Gasteiger partial charge is 0.374 e. The molecule has 0 bridgehead atoms. The van der Waals surface area contributed by atoms with Gasteiger partial charge in [-0.2, -0.15) is 0 Å². The summed E-state index contributed by atoms with van der Waals surface area (Å²) in [6.07, 6.45) is -3.03. The quantitative estimate of drug-likeness (QED) is 0.0693. The van der Waals surface area contributed by atoms with E-state index in [0.29, 0.717) is 6.61 Å². The van der Waals surface area contributed by atoms with Crippen LogP contribution in [-0.2, 0) is 52.4 Å². The van der Waals surface area contributed by atoms with Gasteiger partial charge < -0.3 is 28.0 Å². The average molecular weight is 610 g/mol. The lowest BCUT2D eigenvalue weighted by Gasteiger charge is -2.45. The summed E-state index contributed by atoms with van der Waals surface area (Å²) in [5, 5.41) is 4.11. The molecule has 1 aliphatic heterocycles. The molecule has 1 aliphatic rings. The number of hydrogen-bond acceptors (Lipinski definition) is 8. The minimum absolute atomic E-state index is 0.121. The SMILES string of the molecule is CCOP(=O)(C[C@H]1OC(COCc2ccccc2)[C@@H](OCc2ccccc2)[C@@H](OCc2ccccc2)C1N=[N+]=[N-])OCC. The van der Waals surface area contributed by atoms with Gasteiger partial charge in [-0.05, 0) is 36.1 Å². The van der Waals surface area contributed by atoms with Crippen LogP contribution in [0.15, 0.2) is 96.1 Å². The van der Waals surface area contributed by atoms with Gasteiger partial charge in [-0.25, -0.2) is 0 Å². The van der Waals surface area contributed by atoms with Gasteiger partial charge in [-0.15, -0.1) is 0 Å². The van der Waals surface area contributed by atoms with E-state index in [9.17, 15) is 10.1 Å². The molecule has 5 atom stereocenters. The van der Waals surface area contributed by atoms with Gasteiger partial charge in [0.1, 0.15) is 12.2 Å². The van der Waals surface area contributed by atoms with Gasteiger partial charge in [0.2, 0.25) is 0 Å². The van der Waals surface area contributed by atoms with Crippen LogP contribution in [0.2, 0.25) is 0 Å². The van der Waals surface area contributed by atoms with Gasteiger partial charge in [0.15, 0.2) is 0 Å². The van der Waals surface area contributed by atoms with E-state index in [1.54, 1.807) is 13.8 Å². The Balaban J connectivity index is 1.65. The van der Waals surface area contributed by atoms with Crippen LogP contribution in [-0.4, -0.2) is 56.4 Å². The van der Waals surface area contributed by atoms with Crippen LogP contribution < -0.4 is 0 Å². The summed E-state index contributed by atoms with van der Waals surface area (Å²) in [5.41, 5.74) is 12.5. The Hall–Kier alpha value is -3.04. The van der Waals surface area contributed by atoms with Crippen molar-refractivity contribution in [3.8, 4) is 0 Å². The molecule has 10 nitrogen and oxygen atoms in total. The van der Waals surface area contributed by atoms with Crippen LogP contribution in [0.3, 0.4) is 0 Å². The third kappa shape index (κ3) is 10.00. The van der Waals surface area contributed by atoms with Gasteiger partial charge in [0.05, 0.1) is 64.1 Å².